The van der Waals surface area contributed by atoms with E-state index in [1.165, 1.54) is 0 Å². The first-order chi connectivity index (χ1) is 11.2. The minimum Gasteiger partial charge on any atom is -0.381 e. The summed E-state index contributed by atoms with van der Waals surface area (Å²) >= 11 is 0. The lowest BCUT2D eigenvalue weighted by Crippen LogP contribution is -2.22. The van der Waals surface area contributed by atoms with E-state index in [0.717, 1.165) is 38.2 Å². The average Bonchev–Trinajstić information content (AvgIpc) is 2.58. The Labute approximate surface area is 134 Å². The molecule has 1 aliphatic heterocycles. The van der Waals surface area contributed by atoms with Gasteiger partial charge in [-0.15, -0.1) is 0 Å². The van der Waals surface area contributed by atoms with Crippen LogP contribution in [0.15, 0.2) is 35.5 Å². The molecule has 0 spiro atoms. The average molecular weight is 312 g/mol. The fourth-order valence-electron chi connectivity index (χ4n) is 2.88. The first-order valence-corrected chi connectivity index (χ1v) is 7.87. The van der Waals surface area contributed by atoms with Gasteiger partial charge in [0, 0.05) is 38.3 Å². The highest BCUT2D eigenvalue weighted by molar-refractivity contribution is 5.77. The van der Waals surface area contributed by atoms with Gasteiger partial charge in [-0.1, -0.05) is 6.07 Å². The number of hydrogen-bond donors (Lipinski definition) is 0. The normalized spacial score (nSPS) is 15.5. The van der Waals surface area contributed by atoms with E-state index in [9.17, 15) is 9.59 Å². The van der Waals surface area contributed by atoms with E-state index in [1.54, 1.807) is 12.4 Å². The smallest absolute Gasteiger partial charge is 0.201 e. The van der Waals surface area contributed by atoms with Crippen molar-refractivity contribution in [3.8, 4) is 11.3 Å². The number of aldehydes is 1. The maximum atomic E-state index is 12.4. The van der Waals surface area contributed by atoms with Gasteiger partial charge in [0.15, 0.2) is 6.29 Å². The summed E-state index contributed by atoms with van der Waals surface area (Å²) in [5, 5.41) is 0. The van der Waals surface area contributed by atoms with E-state index in [4.69, 9.17) is 4.74 Å². The molecule has 0 saturated carbocycles. The second-order valence-corrected chi connectivity index (χ2v) is 6.05. The summed E-state index contributed by atoms with van der Waals surface area (Å²) in [4.78, 5) is 28.0. The monoisotopic (exact) mass is 312 g/mol. The van der Waals surface area contributed by atoms with Crippen LogP contribution < -0.4 is 5.43 Å². The van der Waals surface area contributed by atoms with E-state index in [-0.39, 0.29) is 11.0 Å². The lowest BCUT2D eigenvalue weighted by molar-refractivity contribution is 0.0612. The van der Waals surface area contributed by atoms with E-state index in [2.05, 4.69) is 4.98 Å². The molecule has 2 aromatic rings. The second kappa shape index (κ2) is 6.87. The molecule has 2 aromatic heterocycles. The Kier molecular flexibility index (Phi) is 4.67. The Morgan fingerprint density at radius 1 is 1.30 bits per heavy atom. The molecule has 0 unspecified atom stereocenters. The fraction of sp³-hybridized carbons (Fsp3) is 0.389. The van der Waals surface area contributed by atoms with Gasteiger partial charge in [0.25, 0.3) is 0 Å². The highest BCUT2D eigenvalue weighted by Crippen LogP contribution is 2.19. The van der Waals surface area contributed by atoms with Crippen molar-refractivity contribution in [3.05, 3.63) is 52.1 Å². The molecular weight excluding hydrogens is 292 g/mol. The minimum absolute atomic E-state index is 0.178. The summed E-state index contributed by atoms with van der Waals surface area (Å²) in [6.07, 6.45) is 7.80. The largest absolute Gasteiger partial charge is 0.381 e. The van der Waals surface area contributed by atoms with E-state index in [0.29, 0.717) is 23.5 Å². The predicted molar refractivity (Wildman–Crippen MR) is 87.6 cm³/mol. The van der Waals surface area contributed by atoms with Crippen molar-refractivity contribution in [2.24, 2.45) is 5.92 Å². The molecule has 0 aliphatic carbocycles. The first-order valence-electron chi connectivity index (χ1n) is 7.87. The van der Waals surface area contributed by atoms with E-state index < -0.39 is 0 Å². The lowest BCUT2D eigenvalue weighted by atomic mass is 10.00. The van der Waals surface area contributed by atoms with Crippen LogP contribution in [0.5, 0.6) is 0 Å². The number of carbonyl (C=O) groups excluding carboxylic acids is 1. The SMILES string of the molecule is Cc1ccc(-c2cn(CC3CCOCC3)cc(C=O)c2=O)nc1. The first kappa shape index (κ1) is 15.6. The third kappa shape index (κ3) is 3.56. The minimum atomic E-state index is -0.264. The maximum Gasteiger partial charge on any atom is 0.201 e. The van der Waals surface area contributed by atoms with E-state index >= 15 is 0 Å². The highest BCUT2D eigenvalue weighted by atomic mass is 16.5. The molecule has 0 atom stereocenters. The molecule has 1 aliphatic rings. The zero-order valence-corrected chi connectivity index (χ0v) is 13.2. The molecule has 1 saturated heterocycles. The number of hydrogen-bond acceptors (Lipinski definition) is 4. The number of nitrogens with zero attached hydrogens (tertiary/aromatic N) is 2. The van der Waals surface area contributed by atoms with Gasteiger partial charge in [-0.3, -0.25) is 14.6 Å². The molecule has 0 amide bonds. The molecule has 0 radical (unpaired) electrons. The van der Waals surface area contributed by atoms with Crippen molar-refractivity contribution >= 4 is 6.29 Å². The van der Waals surface area contributed by atoms with Crippen molar-refractivity contribution in [2.45, 2.75) is 26.3 Å². The van der Waals surface area contributed by atoms with Crippen molar-refractivity contribution < 1.29 is 9.53 Å². The Hall–Kier alpha value is -2.27. The van der Waals surface area contributed by atoms with Crippen molar-refractivity contribution in [3.63, 3.8) is 0 Å². The molecule has 3 rings (SSSR count). The Balaban J connectivity index is 1.97. The quantitative estimate of drug-likeness (QED) is 0.814. The standard InChI is InChI=1S/C18H20N2O3/c1-13-2-3-17(19-8-13)16-11-20(10-15(12-21)18(16)22)9-14-4-6-23-7-5-14/h2-3,8,10-12,14H,4-7,9H2,1H3. The number of aryl methyl sites for hydroxylation is 1. The number of aromatic nitrogens is 2. The number of ether oxygens (including phenoxy) is 1. The number of carbonyl (C=O) groups is 1. The summed E-state index contributed by atoms with van der Waals surface area (Å²) in [7, 11) is 0. The summed E-state index contributed by atoms with van der Waals surface area (Å²) in [6.45, 7) is 4.28. The third-order valence-electron chi connectivity index (χ3n) is 4.23. The van der Waals surface area contributed by atoms with Crippen molar-refractivity contribution in [1.29, 1.82) is 0 Å². The molecule has 0 aromatic carbocycles. The fourth-order valence-corrected chi connectivity index (χ4v) is 2.88. The molecule has 3 heterocycles. The number of pyridine rings is 2. The van der Waals surface area contributed by atoms with Gasteiger partial charge >= 0.3 is 0 Å². The summed E-state index contributed by atoms with van der Waals surface area (Å²) in [5.41, 5.74) is 2.02. The molecular formula is C18H20N2O3. The third-order valence-corrected chi connectivity index (χ3v) is 4.23. The van der Waals surface area contributed by atoms with Gasteiger partial charge in [0.2, 0.25) is 5.43 Å². The van der Waals surface area contributed by atoms with Gasteiger partial charge in [-0.25, -0.2) is 0 Å². The zero-order valence-electron chi connectivity index (χ0n) is 13.2. The number of rotatable bonds is 4. The Morgan fingerprint density at radius 3 is 2.74 bits per heavy atom. The molecule has 5 heteroatoms. The van der Waals surface area contributed by atoms with Crippen LogP contribution in [0.3, 0.4) is 0 Å². The van der Waals surface area contributed by atoms with Crippen LogP contribution in [0.25, 0.3) is 11.3 Å². The maximum absolute atomic E-state index is 12.4. The topological polar surface area (TPSA) is 61.2 Å². The van der Waals surface area contributed by atoms with Gasteiger partial charge in [0.05, 0.1) is 16.8 Å². The van der Waals surface area contributed by atoms with Crippen LogP contribution >= 0.6 is 0 Å². The van der Waals surface area contributed by atoms with Gasteiger partial charge in [-0.05, 0) is 37.3 Å². The van der Waals surface area contributed by atoms with Crippen molar-refractivity contribution in [1.82, 2.24) is 9.55 Å². The van der Waals surface area contributed by atoms with Gasteiger partial charge in [-0.2, -0.15) is 0 Å². The van der Waals surface area contributed by atoms with Crippen LogP contribution in [-0.4, -0.2) is 29.1 Å². The van der Waals surface area contributed by atoms with Gasteiger partial charge < -0.3 is 9.30 Å². The van der Waals surface area contributed by atoms with E-state index in [1.807, 2.05) is 29.8 Å². The van der Waals surface area contributed by atoms with Crippen molar-refractivity contribution in [2.75, 3.05) is 13.2 Å². The zero-order chi connectivity index (χ0) is 16.2. The second-order valence-electron chi connectivity index (χ2n) is 6.05. The van der Waals surface area contributed by atoms with Crippen LogP contribution in [0.4, 0.5) is 0 Å². The Morgan fingerprint density at radius 2 is 2.09 bits per heavy atom. The summed E-state index contributed by atoms with van der Waals surface area (Å²) in [5.74, 6) is 0.504. The Bertz CT molecular complexity index is 744. The van der Waals surface area contributed by atoms with Crippen LogP contribution in [0.2, 0.25) is 0 Å². The lowest BCUT2D eigenvalue weighted by Gasteiger charge is -2.23. The summed E-state index contributed by atoms with van der Waals surface area (Å²) < 4.78 is 7.32. The molecule has 0 bridgehead atoms. The molecule has 120 valence electrons. The van der Waals surface area contributed by atoms with Crippen LogP contribution in [0.1, 0.15) is 28.8 Å². The van der Waals surface area contributed by atoms with Crippen LogP contribution in [-0.2, 0) is 11.3 Å². The molecule has 0 N–H and O–H groups in total. The van der Waals surface area contributed by atoms with Crippen LogP contribution in [0, 0.1) is 12.8 Å². The predicted octanol–water partition coefficient (Wildman–Crippen LogP) is 2.46. The molecule has 5 nitrogen and oxygen atoms in total. The van der Waals surface area contributed by atoms with Gasteiger partial charge in [0.1, 0.15) is 0 Å². The highest BCUT2D eigenvalue weighted by Gasteiger charge is 2.16. The molecule has 1 fully saturated rings. The summed E-state index contributed by atoms with van der Waals surface area (Å²) in [6, 6.07) is 3.73. The molecule has 23 heavy (non-hydrogen) atoms.